The van der Waals surface area contributed by atoms with Crippen LogP contribution in [0.4, 0.5) is 0 Å². The average molecular weight is 311 g/mol. The number of hydrogen-bond acceptors (Lipinski definition) is 4. The lowest BCUT2D eigenvalue weighted by molar-refractivity contribution is 0.131. The second-order valence-corrected chi connectivity index (χ2v) is 8.01. The molecule has 4 nitrogen and oxygen atoms in total. The van der Waals surface area contributed by atoms with Crippen LogP contribution in [0.2, 0.25) is 0 Å². The third-order valence-corrected chi connectivity index (χ3v) is 5.69. The molecule has 2 rings (SSSR count). The quantitative estimate of drug-likeness (QED) is 0.709. The lowest BCUT2D eigenvalue weighted by Gasteiger charge is -2.34. The fourth-order valence-corrected chi connectivity index (χ4v) is 3.77. The summed E-state index contributed by atoms with van der Waals surface area (Å²) in [5.41, 5.74) is 0. The predicted octanol–water partition coefficient (Wildman–Crippen LogP) is 1.67. The van der Waals surface area contributed by atoms with Crippen molar-refractivity contribution in [2.75, 3.05) is 66.5 Å². The third-order valence-electron chi connectivity index (χ3n) is 5.69. The molecule has 2 atom stereocenters. The first-order valence-electron chi connectivity index (χ1n) is 9.31. The number of piperazine rings is 1. The Balaban J connectivity index is 1.62. The first kappa shape index (κ1) is 18.2. The fraction of sp³-hybridized carbons (Fsp3) is 1.00. The molecule has 0 saturated carbocycles. The van der Waals surface area contributed by atoms with Crippen LogP contribution >= 0.6 is 0 Å². The summed E-state index contributed by atoms with van der Waals surface area (Å²) in [6.07, 6.45) is 2.68. The zero-order chi connectivity index (χ0) is 16.1. The van der Waals surface area contributed by atoms with Crippen molar-refractivity contribution >= 4 is 0 Å². The summed E-state index contributed by atoms with van der Waals surface area (Å²) < 4.78 is 0. The van der Waals surface area contributed by atoms with E-state index in [1.165, 1.54) is 65.2 Å². The highest BCUT2D eigenvalue weighted by Crippen LogP contribution is 2.18. The van der Waals surface area contributed by atoms with Crippen LogP contribution in [0.5, 0.6) is 0 Å². The molecule has 0 aromatic heterocycles. The van der Waals surface area contributed by atoms with Crippen LogP contribution in [-0.4, -0.2) is 98.1 Å². The van der Waals surface area contributed by atoms with E-state index in [-0.39, 0.29) is 0 Å². The molecule has 0 bridgehead atoms. The molecule has 2 aliphatic heterocycles. The Hall–Kier alpha value is -0.160. The van der Waals surface area contributed by atoms with Crippen LogP contribution in [0.1, 0.15) is 33.6 Å². The summed E-state index contributed by atoms with van der Waals surface area (Å²) in [5.74, 6) is 0.813. The normalized spacial score (nSPS) is 27.1. The van der Waals surface area contributed by atoms with Crippen molar-refractivity contribution in [3.63, 3.8) is 0 Å². The van der Waals surface area contributed by atoms with Crippen LogP contribution in [0.3, 0.4) is 0 Å². The highest BCUT2D eigenvalue weighted by molar-refractivity contribution is 4.84. The topological polar surface area (TPSA) is 13.0 Å². The van der Waals surface area contributed by atoms with Gasteiger partial charge in [-0.1, -0.05) is 6.92 Å². The zero-order valence-electron chi connectivity index (χ0n) is 15.6. The summed E-state index contributed by atoms with van der Waals surface area (Å²) in [4.78, 5) is 10.3. The number of nitrogens with zero attached hydrogens (tertiary/aromatic N) is 4. The molecular weight excluding hydrogens is 272 g/mol. The molecule has 0 aromatic rings. The summed E-state index contributed by atoms with van der Waals surface area (Å²) in [6.45, 7) is 17.1. The van der Waals surface area contributed by atoms with Crippen LogP contribution in [0, 0.1) is 5.92 Å². The summed E-state index contributed by atoms with van der Waals surface area (Å²) in [7, 11) is 4.56. The lowest BCUT2D eigenvalue weighted by Crippen LogP contribution is -2.46. The molecule has 2 heterocycles. The van der Waals surface area contributed by atoms with Gasteiger partial charge in [0.05, 0.1) is 0 Å². The third kappa shape index (κ3) is 5.48. The second-order valence-electron chi connectivity index (χ2n) is 8.01. The molecule has 2 aliphatic rings. The van der Waals surface area contributed by atoms with Gasteiger partial charge < -0.3 is 14.7 Å². The Bertz CT molecular complexity index is 312. The molecule has 0 radical (unpaired) electrons. The second kappa shape index (κ2) is 8.62. The molecular formula is C18H38N4. The minimum absolute atomic E-state index is 0.703. The van der Waals surface area contributed by atoms with Crippen LogP contribution in [0.15, 0.2) is 0 Å². The van der Waals surface area contributed by atoms with E-state index in [0.29, 0.717) is 6.04 Å². The molecule has 130 valence electrons. The fourth-order valence-electron chi connectivity index (χ4n) is 3.77. The lowest BCUT2D eigenvalue weighted by atomic mass is 10.1. The van der Waals surface area contributed by atoms with Gasteiger partial charge >= 0.3 is 0 Å². The van der Waals surface area contributed by atoms with Crippen LogP contribution in [0.25, 0.3) is 0 Å². The van der Waals surface area contributed by atoms with Crippen LogP contribution < -0.4 is 0 Å². The van der Waals surface area contributed by atoms with Gasteiger partial charge in [0.15, 0.2) is 0 Å². The maximum absolute atomic E-state index is 2.65. The van der Waals surface area contributed by atoms with E-state index in [2.05, 4.69) is 54.5 Å². The maximum atomic E-state index is 2.65. The van der Waals surface area contributed by atoms with Gasteiger partial charge in [-0.25, -0.2) is 0 Å². The van der Waals surface area contributed by atoms with Gasteiger partial charge in [-0.15, -0.1) is 0 Å². The molecule has 0 aromatic carbocycles. The van der Waals surface area contributed by atoms with E-state index in [0.717, 1.165) is 12.0 Å². The predicted molar refractivity (Wildman–Crippen MR) is 95.5 cm³/mol. The van der Waals surface area contributed by atoms with E-state index >= 15 is 0 Å². The summed E-state index contributed by atoms with van der Waals surface area (Å²) >= 11 is 0. The Morgan fingerprint density at radius 1 is 1.05 bits per heavy atom. The molecule has 0 spiro atoms. The maximum Gasteiger partial charge on any atom is 0.0232 e. The Labute approximate surface area is 138 Å². The van der Waals surface area contributed by atoms with Crippen molar-refractivity contribution < 1.29 is 0 Å². The van der Waals surface area contributed by atoms with Crippen molar-refractivity contribution in [1.82, 2.24) is 19.6 Å². The number of likely N-dealkylation sites (tertiary alicyclic amines) is 1. The standard InChI is InChI=1S/C18H38N4/c1-16(2)22-9-7-18(15-22)20(5)8-6-17(3)14-21-12-10-19(4)11-13-21/h16-18H,6-15H2,1-5H3. The highest BCUT2D eigenvalue weighted by Gasteiger charge is 2.27. The van der Waals surface area contributed by atoms with Crippen molar-refractivity contribution in [3.8, 4) is 0 Å². The Morgan fingerprint density at radius 2 is 1.73 bits per heavy atom. The van der Waals surface area contributed by atoms with E-state index in [4.69, 9.17) is 0 Å². The molecule has 4 heteroatoms. The van der Waals surface area contributed by atoms with Gasteiger partial charge in [-0.3, -0.25) is 4.90 Å². The minimum Gasteiger partial charge on any atom is -0.304 e. The van der Waals surface area contributed by atoms with E-state index in [1.807, 2.05) is 0 Å². The summed E-state index contributed by atoms with van der Waals surface area (Å²) in [6, 6.07) is 1.48. The molecule has 0 aliphatic carbocycles. The van der Waals surface area contributed by atoms with E-state index < -0.39 is 0 Å². The van der Waals surface area contributed by atoms with Crippen molar-refractivity contribution in [1.29, 1.82) is 0 Å². The van der Waals surface area contributed by atoms with Crippen molar-refractivity contribution in [2.24, 2.45) is 5.92 Å². The largest absolute Gasteiger partial charge is 0.304 e. The Kier molecular flexibility index (Phi) is 7.13. The van der Waals surface area contributed by atoms with Crippen molar-refractivity contribution in [2.45, 2.75) is 45.7 Å². The smallest absolute Gasteiger partial charge is 0.0232 e. The molecule has 0 N–H and O–H groups in total. The van der Waals surface area contributed by atoms with E-state index in [1.54, 1.807) is 0 Å². The molecule has 0 amide bonds. The highest BCUT2D eigenvalue weighted by atomic mass is 15.3. The minimum atomic E-state index is 0.703. The SMILES string of the molecule is CC(CCN(C)C1CCN(C(C)C)C1)CN1CCN(C)CC1. The molecule has 22 heavy (non-hydrogen) atoms. The zero-order valence-corrected chi connectivity index (χ0v) is 15.6. The average Bonchev–Trinajstić information content (AvgIpc) is 2.97. The van der Waals surface area contributed by atoms with Gasteiger partial charge in [-0.05, 0) is 53.2 Å². The molecule has 2 fully saturated rings. The first-order valence-corrected chi connectivity index (χ1v) is 9.31. The molecule has 2 saturated heterocycles. The monoisotopic (exact) mass is 310 g/mol. The summed E-state index contributed by atoms with van der Waals surface area (Å²) in [5, 5.41) is 0. The van der Waals surface area contributed by atoms with Gasteiger partial charge in [0.2, 0.25) is 0 Å². The van der Waals surface area contributed by atoms with Gasteiger partial charge in [0.25, 0.3) is 0 Å². The van der Waals surface area contributed by atoms with Gasteiger partial charge in [0, 0.05) is 57.9 Å². The number of rotatable bonds is 7. The van der Waals surface area contributed by atoms with Gasteiger partial charge in [-0.2, -0.15) is 0 Å². The molecule has 2 unspecified atom stereocenters. The van der Waals surface area contributed by atoms with E-state index in [9.17, 15) is 0 Å². The Morgan fingerprint density at radius 3 is 2.32 bits per heavy atom. The number of likely N-dealkylation sites (N-methyl/N-ethyl adjacent to an activating group) is 2. The van der Waals surface area contributed by atoms with Crippen molar-refractivity contribution in [3.05, 3.63) is 0 Å². The van der Waals surface area contributed by atoms with Gasteiger partial charge in [0.1, 0.15) is 0 Å². The number of hydrogen-bond donors (Lipinski definition) is 0. The van der Waals surface area contributed by atoms with Crippen LogP contribution in [-0.2, 0) is 0 Å². The first-order chi connectivity index (χ1) is 10.5.